The second kappa shape index (κ2) is 5.99. The van der Waals surface area contributed by atoms with E-state index >= 15 is 0 Å². The fourth-order valence-electron chi connectivity index (χ4n) is 1.91. The molecule has 0 spiro atoms. The van der Waals surface area contributed by atoms with Gasteiger partial charge in [-0.3, -0.25) is 0 Å². The smallest absolute Gasteiger partial charge is 0.493 e. The molecule has 0 aromatic heterocycles. The van der Waals surface area contributed by atoms with Gasteiger partial charge in [0, 0.05) is 5.46 Å². The van der Waals surface area contributed by atoms with Gasteiger partial charge in [-0.25, -0.2) is 0 Å². The van der Waals surface area contributed by atoms with E-state index in [1.165, 1.54) is 6.26 Å². The van der Waals surface area contributed by atoms with E-state index in [2.05, 4.69) is 0 Å². The first-order valence-electron chi connectivity index (χ1n) is 5.59. The number of benzene rings is 2. The van der Waals surface area contributed by atoms with Gasteiger partial charge in [-0.05, 0) is 34.4 Å². The van der Waals surface area contributed by atoms with Crippen molar-refractivity contribution in [2.24, 2.45) is 0 Å². The van der Waals surface area contributed by atoms with Gasteiger partial charge in [-0.15, -0.1) is 0 Å². The SMILES string of the molecule is C[S+]([O-])c1c(Cl)cc(-c2ccccc2)cc1B(O)O. The summed E-state index contributed by atoms with van der Waals surface area (Å²) in [6.07, 6.45) is 1.45. The molecule has 98 valence electrons. The highest BCUT2D eigenvalue weighted by Gasteiger charge is 2.26. The molecular weight excluding hydrogens is 282 g/mol. The Bertz CT molecular complexity index is 576. The van der Waals surface area contributed by atoms with E-state index in [0.717, 1.165) is 11.1 Å². The highest BCUT2D eigenvalue weighted by molar-refractivity contribution is 7.91. The molecule has 0 saturated heterocycles. The Kier molecular flexibility index (Phi) is 4.55. The zero-order chi connectivity index (χ0) is 14.0. The molecule has 0 aliphatic heterocycles. The molecule has 3 nitrogen and oxygen atoms in total. The zero-order valence-electron chi connectivity index (χ0n) is 10.2. The van der Waals surface area contributed by atoms with Crippen molar-refractivity contribution in [3.63, 3.8) is 0 Å². The minimum Gasteiger partial charge on any atom is -0.612 e. The summed E-state index contributed by atoms with van der Waals surface area (Å²) in [6.45, 7) is 0. The van der Waals surface area contributed by atoms with Crippen LogP contribution in [0.3, 0.4) is 0 Å². The maximum Gasteiger partial charge on any atom is 0.493 e. The summed E-state index contributed by atoms with van der Waals surface area (Å²) < 4.78 is 11.6. The molecule has 0 saturated carbocycles. The molecule has 19 heavy (non-hydrogen) atoms. The van der Waals surface area contributed by atoms with Gasteiger partial charge in [0.15, 0.2) is 4.90 Å². The van der Waals surface area contributed by atoms with Gasteiger partial charge in [-0.1, -0.05) is 41.9 Å². The number of halogens is 1. The van der Waals surface area contributed by atoms with Crippen molar-refractivity contribution in [1.82, 2.24) is 0 Å². The van der Waals surface area contributed by atoms with Crippen molar-refractivity contribution in [2.45, 2.75) is 4.90 Å². The van der Waals surface area contributed by atoms with Crippen molar-refractivity contribution in [1.29, 1.82) is 0 Å². The van der Waals surface area contributed by atoms with E-state index in [4.69, 9.17) is 11.6 Å². The van der Waals surface area contributed by atoms with Crippen LogP contribution in [-0.2, 0) is 11.2 Å². The zero-order valence-corrected chi connectivity index (χ0v) is 11.8. The highest BCUT2D eigenvalue weighted by atomic mass is 35.5. The molecule has 0 heterocycles. The van der Waals surface area contributed by atoms with E-state index in [-0.39, 0.29) is 15.4 Å². The Morgan fingerprint density at radius 1 is 1.11 bits per heavy atom. The molecule has 1 atom stereocenters. The van der Waals surface area contributed by atoms with E-state index in [1.807, 2.05) is 30.3 Å². The number of hydrogen-bond acceptors (Lipinski definition) is 3. The van der Waals surface area contributed by atoms with Gasteiger partial charge in [0.2, 0.25) is 0 Å². The number of hydrogen-bond donors (Lipinski definition) is 2. The highest BCUT2D eigenvalue weighted by Crippen LogP contribution is 2.27. The molecule has 0 fully saturated rings. The van der Waals surface area contributed by atoms with Crippen LogP contribution in [0.1, 0.15) is 0 Å². The molecule has 0 radical (unpaired) electrons. The third kappa shape index (κ3) is 3.13. The van der Waals surface area contributed by atoms with Crippen molar-refractivity contribution in [2.75, 3.05) is 6.26 Å². The summed E-state index contributed by atoms with van der Waals surface area (Å²) in [5.74, 6) is 0. The Morgan fingerprint density at radius 3 is 2.26 bits per heavy atom. The van der Waals surface area contributed by atoms with Gasteiger partial charge < -0.3 is 14.6 Å². The molecule has 1 unspecified atom stereocenters. The summed E-state index contributed by atoms with van der Waals surface area (Å²) in [5.41, 5.74) is 1.83. The summed E-state index contributed by atoms with van der Waals surface area (Å²) in [5, 5.41) is 19.1. The topological polar surface area (TPSA) is 63.5 Å². The van der Waals surface area contributed by atoms with Crippen molar-refractivity contribution < 1.29 is 14.6 Å². The van der Waals surface area contributed by atoms with Crippen LogP contribution in [0.25, 0.3) is 11.1 Å². The normalized spacial score (nSPS) is 12.3. The third-order valence-corrected chi connectivity index (χ3v) is 4.19. The van der Waals surface area contributed by atoms with Crippen LogP contribution in [0.15, 0.2) is 47.4 Å². The minimum atomic E-state index is -1.71. The van der Waals surface area contributed by atoms with Crippen LogP contribution in [0, 0.1) is 0 Å². The monoisotopic (exact) mass is 294 g/mol. The Balaban J connectivity index is 2.61. The first-order chi connectivity index (χ1) is 9.00. The molecule has 6 heteroatoms. The third-order valence-electron chi connectivity index (χ3n) is 2.75. The summed E-state index contributed by atoms with van der Waals surface area (Å²) in [6, 6.07) is 12.7. The first kappa shape index (κ1) is 14.4. The predicted octanol–water partition coefficient (Wildman–Crippen LogP) is 1.42. The van der Waals surface area contributed by atoms with Gasteiger partial charge in [0.25, 0.3) is 0 Å². The lowest BCUT2D eigenvalue weighted by Gasteiger charge is -2.14. The number of rotatable bonds is 3. The van der Waals surface area contributed by atoms with Crippen molar-refractivity contribution in [3.05, 3.63) is 47.5 Å². The van der Waals surface area contributed by atoms with E-state index in [9.17, 15) is 14.6 Å². The lowest BCUT2D eigenvalue weighted by atomic mass is 9.79. The van der Waals surface area contributed by atoms with Crippen molar-refractivity contribution >= 4 is 35.4 Å². The molecule has 2 rings (SSSR count). The molecule has 0 amide bonds. The van der Waals surface area contributed by atoms with Gasteiger partial charge in [0.05, 0.1) is 5.02 Å². The van der Waals surface area contributed by atoms with Gasteiger partial charge in [0.1, 0.15) is 6.26 Å². The average molecular weight is 295 g/mol. The lowest BCUT2D eigenvalue weighted by Crippen LogP contribution is -2.34. The molecule has 2 aromatic carbocycles. The van der Waals surface area contributed by atoms with Crippen LogP contribution in [0.5, 0.6) is 0 Å². The van der Waals surface area contributed by atoms with Gasteiger partial charge in [-0.2, -0.15) is 0 Å². The van der Waals surface area contributed by atoms with Gasteiger partial charge >= 0.3 is 7.12 Å². The Labute approximate surface area is 120 Å². The maximum atomic E-state index is 11.6. The predicted molar refractivity (Wildman–Crippen MR) is 79.0 cm³/mol. The quantitative estimate of drug-likeness (QED) is 0.665. The van der Waals surface area contributed by atoms with E-state index in [1.54, 1.807) is 12.1 Å². The largest absolute Gasteiger partial charge is 0.612 e. The average Bonchev–Trinajstić information content (AvgIpc) is 2.38. The lowest BCUT2D eigenvalue weighted by molar-refractivity contribution is 0.424. The summed E-state index contributed by atoms with van der Waals surface area (Å²) in [7, 11) is -1.71. The van der Waals surface area contributed by atoms with Crippen LogP contribution in [-0.4, -0.2) is 28.0 Å². The standard InChI is InChI=1S/C13H12BClO3S/c1-19(18)13-11(14(16)17)7-10(8-12(13)15)9-5-3-2-4-6-9/h2-8,16-17H,1H3. The fraction of sp³-hybridized carbons (Fsp3) is 0.0769. The fourth-order valence-corrected chi connectivity index (χ4v) is 3.29. The molecule has 0 aliphatic carbocycles. The maximum absolute atomic E-state index is 11.6. The van der Waals surface area contributed by atoms with Crippen LogP contribution >= 0.6 is 11.6 Å². The van der Waals surface area contributed by atoms with E-state index in [0.29, 0.717) is 0 Å². The summed E-state index contributed by atoms with van der Waals surface area (Å²) in [4.78, 5) is 0.261. The van der Waals surface area contributed by atoms with Crippen molar-refractivity contribution in [3.8, 4) is 11.1 Å². The second-order valence-electron chi connectivity index (χ2n) is 4.07. The van der Waals surface area contributed by atoms with Crippen LogP contribution < -0.4 is 5.46 Å². The first-order valence-corrected chi connectivity index (χ1v) is 7.52. The molecule has 2 N–H and O–H groups in total. The second-order valence-corrected chi connectivity index (χ2v) is 5.79. The Morgan fingerprint density at radius 2 is 1.74 bits per heavy atom. The molecule has 2 aromatic rings. The summed E-state index contributed by atoms with van der Waals surface area (Å²) >= 11 is 4.72. The van der Waals surface area contributed by atoms with E-state index < -0.39 is 18.3 Å². The minimum absolute atomic E-state index is 0.173. The Hall–Kier alpha value is -0.975. The molecular formula is C13H12BClO3S. The molecule has 0 aliphatic rings. The van der Waals surface area contributed by atoms with Crippen LogP contribution in [0.4, 0.5) is 0 Å². The molecule has 0 bridgehead atoms. The van der Waals surface area contributed by atoms with Crippen LogP contribution in [0.2, 0.25) is 5.02 Å².